The fourth-order valence-corrected chi connectivity index (χ4v) is 3.97. The number of pyridine rings is 1. The van der Waals surface area contributed by atoms with Gasteiger partial charge in [-0.2, -0.15) is 0 Å². The number of benzene rings is 1. The van der Waals surface area contributed by atoms with Gasteiger partial charge < -0.3 is 14.8 Å². The fraction of sp³-hybridized carbons (Fsp3) is 0.300. The van der Waals surface area contributed by atoms with E-state index in [0.29, 0.717) is 34.2 Å². The molecule has 0 saturated carbocycles. The lowest BCUT2D eigenvalue weighted by Crippen LogP contribution is -2.29. The van der Waals surface area contributed by atoms with E-state index in [2.05, 4.69) is 15.3 Å². The van der Waals surface area contributed by atoms with Gasteiger partial charge in [-0.1, -0.05) is 17.8 Å². The van der Waals surface area contributed by atoms with Gasteiger partial charge in [0.25, 0.3) is 5.56 Å². The Morgan fingerprint density at radius 3 is 2.97 bits per heavy atom. The summed E-state index contributed by atoms with van der Waals surface area (Å²) in [5.74, 6) is 1.37. The highest BCUT2D eigenvalue weighted by molar-refractivity contribution is 7.99. The number of ether oxygens (including phenoxy) is 2. The molecule has 0 bridgehead atoms. The van der Waals surface area contributed by atoms with E-state index in [9.17, 15) is 9.59 Å². The number of fused-ring (bicyclic) bond motifs is 2. The zero-order valence-electron chi connectivity index (χ0n) is 16.0. The van der Waals surface area contributed by atoms with Gasteiger partial charge in [0.05, 0.1) is 17.2 Å². The Hall–Kier alpha value is -3.07. The van der Waals surface area contributed by atoms with Crippen LogP contribution in [0.4, 0.5) is 0 Å². The van der Waals surface area contributed by atoms with Gasteiger partial charge in [0, 0.05) is 12.7 Å². The second-order valence-corrected chi connectivity index (χ2v) is 7.45. The molecule has 1 N–H and O–H groups in total. The number of rotatable bonds is 6. The van der Waals surface area contributed by atoms with Crippen molar-refractivity contribution in [2.75, 3.05) is 12.5 Å². The Bertz CT molecular complexity index is 1130. The number of hydrogen-bond acceptors (Lipinski definition) is 7. The van der Waals surface area contributed by atoms with Gasteiger partial charge >= 0.3 is 0 Å². The van der Waals surface area contributed by atoms with E-state index >= 15 is 0 Å². The molecule has 29 heavy (non-hydrogen) atoms. The molecule has 1 atom stereocenters. The smallest absolute Gasteiger partial charge is 0.263 e. The molecule has 0 spiro atoms. The molecule has 0 unspecified atom stereocenters. The quantitative estimate of drug-likeness (QED) is 0.491. The average Bonchev–Trinajstić information content (AvgIpc) is 3.20. The summed E-state index contributed by atoms with van der Waals surface area (Å²) in [6, 6.07) is 8.82. The molecular weight excluding hydrogens is 392 g/mol. The minimum Gasteiger partial charge on any atom is -0.454 e. The first-order valence-corrected chi connectivity index (χ1v) is 10.2. The maximum absolute atomic E-state index is 12.6. The highest BCUT2D eigenvalue weighted by atomic mass is 32.2. The van der Waals surface area contributed by atoms with Crippen LogP contribution in [0.1, 0.15) is 25.5 Å². The standard InChI is InChI=1S/C20H20N4O4S/c1-3-24-19(26)14-5-4-8-21-18(14)23-20(24)29-10-17(25)22-12(2)13-6-7-15-16(9-13)28-11-27-15/h4-9,12H,3,10-11H2,1-2H3,(H,22,25)/t12-/m0/s1. The number of carbonyl (C=O) groups excluding carboxylic acids is 1. The molecule has 1 aliphatic rings. The summed E-state index contributed by atoms with van der Waals surface area (Å²) in [4.78, 5) is 33.7. The van der Waals surface area contributed by atoms with Crippen molar-refractivity contribution < 1.29 is 14.3 Å². The van der Waals surface area contributed by atoms with Gasteiger partial charge in [0.2, 0.25) is 12.7 Å². The lowest BCUT2D eigenvalue weighted by molar-refractivity contribution is -0.119. The number of aromatic nitrogens is 3. The van der Waals surface area contributed by atoms with E-state index < -0.39 is 0 Å². The lowest BCUT2D eigenvalue weighted by atomic mass is 10.1. The largest absolute Gasteiger partial charge is 0.454 e. The predicted octanol–water partition coefficient (Wildman–Crippen LogP) is 2.51. The Kier molecular flexibility index (Phi) is 5.39. The van der Waals surface area contributed by atoms with Crippen molar-refractivity contribution in [1.82, 2.24) is 19.9 Å². The summed E-state index contributed by atoms with van der Waals surface area (Å²) in [7, 11) is 0. The topological polar surface area (TPSA) is 95.3 Å². The van der Waals surface area contributed by atoms with Crippen LogP contribution in [0.5, 0.6) is 11.5 Å². The van der Waals surface area contributed by atoms with Gasteiger partial charge in [-0.3, -0.25) is 14.2 Å². The number of nitrogens with one attached hydrogen (secondary N) is 1. The second-order valence-electron chi connectivity index (χ2n) is 6.51. The van der Waals surface area contributed by atoms with Crippen molar-refractivity contribution in [1.29, 1.82) is 0 Å². The average molecular weight is 412 g/mol. The highest BCUT2D eigenvalue weighted by Gasteiger charge is 2.18. The van der Waals surface area contributed by atoms with Gasteiger partial charge in [-0.05, 0) is 43.7 Å². The number of carbonyl (C=O) groups is 1. The van der Waals surface area contributed by atoms with Gasteiger partial charge in [0.15, 0.2) is 22.3 Å². The number of amides is 1. The van der Waals surface area contributed by atoms with Crippen LogP contribution < -0.4 is 20.3 Å². The third kappa shape index (κ3) is 3.91. The van der Waals surface area contributed by atoms with Crippen LogP contribution in [-0.4, -0.2) is 33.0 Å². The fourth-order valence-electron chi connectivity index (χ4n) is 3.10. The number of thioether (sulfide) groups is 1. The summed E-state index contributed by atoms with van der Waals surface area (Å²) < 4.78 is 12.3. The number of nitrogens with zero attached hydrogens (tertiary/aromatic N) is 3. The molecule has 1 amide bonds. The lowest BCUT2D eigenvalue weighted by Gasteiger charge is -2.15. The molecule has 4 rings (SSSR count). The van der Waals surface area contributed by atoms with E-state index in [-0.39, 0.29) is 30.1 Å². The zero-order chi connectivity index (χ0) is 20.4. The Balaban J connectivity index is 1.45. The molecule has 9 heteroatoms. The number of hydrogen-bond donors (Lipinski definition) is 1. The summed E-state index contributed by atoms with van der Waals surface area (Å²) >= 11 is 1.22. The van der Waals surface area contributed by atoms with Crippen molar-refractivity contribution in [2.45, 2.75) is 31.6 Å². The Labute approximate surface area is 171 Å². The molecule has 2 aromatic heterocycles. The van der Waals surface area contributed by atoms with E-state index in [0.717, 1.165) is 5.56 Å². The van der Waals surface area contributed by atoms with Crippen LogP contribution in [0.25, 0.3) is 11.0 Å². The molecule has 1 aliphatic heterocycles. The molecule has 0 aliphatic carbocycles. The first-order chi connectivity index (χ1) is 14.1. The molecular formula is C20H20N4O4S. The van der Waals surface area contributed by atoms with Crippen molar-refractivity contribution in [3.63, 3.8) is 0 Å². The predicted molar refractivity (Wildman–Crippen MR) is 109 cm³/mol. The van der Waals surface area contributed by atoms with Gasteiger partial charge in [0.1, 0.15) is 0 Å². The third-order valence-electron chi connectivity index (χ3n) is 4.62. The Morgan fingerprint density at radius 1 is 1.31 bits per heavy atom. The molecule has 0 radical (unpaired) electrons. The normalized spacial score (nSPS) is 13.4. The highest BCUT2D eigenvalue weighted by Crippen LogP contribution is 2.34. The molecule has 150 valence electrons. The molecule has 8 nitrogen and oxygen atoms in total. The summed E-state index contributed by atoms with van der Waals surface area (Å²) in [5, 5.41) is 3.91. The first-order valence-electron chi connectivity index (χ1n) is 9.24. The van der Waals surface area contributed by atoms with Crippen molar-refractivity contribution >= 4 is 28.7 Å². The van der Waals surface area contributed by atoms with Crippen LogP contribution in [0.2, 0.25) is 0 Å². The van der Waals surface area contributed by atoms with E-state index in [1.807, 2.05) is 32.0 Å². The maximum Gasteiger partial charge on any atom is 0.263 e. The monoisotopic (exact) mass is 412 g/mol. The molecule has 0 saturated heterocycles. The SMILES string of the molecule is CCn1c(SCC(=O)N[C@@H](C)c2ccc3c(c2)OCO3)nc2ncccc2c1=O. The minimum atomic E-state index is -0.197. The van der Waals surface area contributed by atoms with Crippen molar-refractivity contribution in [3.8, 4) is 11.5 Å². The first kappa shape index (κ1) is 19.3. The van der Waals surface area contributed by atoms with Crippen LogP contribution in [0, 0.1) is 0 Å². The molecule has 0 fully saturated rings. The summed E-state index contributed by atoms with van der Waals surface area (Å²) in [6.45, 7) is 4.45. The van der Waals surface area contributed by atoms with Gasteiger partial charge in [-0.15, -0.1) is 0 Å². The Morgan fingerprint density at radius 2 is 2.14 bits per heavy atom. The molecule has 3 aromatic rings. The zero-order valence-corrected chi connectivity index (χ0v) is 16.9. The molecule has 1 aromatic carbocycles. The van der Waals surface area contributed by atoms with Crippen LogP contribution in [0.3, 0.4) is 0 Å². The van der Waals surface area contributed by atoms with Crippen molar-refractivity contribution in [3.05, 3.63) is 52.4 Å². The summed E-state index contributed by atoms with van der Waals surface area (Å²) in [5.41, 5.74) is 1.16. The molecule has 3 heterocycles. The van der Waals surface area contributed by atoms with E-state index in [1.54, 1.807) is 22.9 Å². The second kappa shape index (κ2) is 8.12. The summed E-state index contributed by atoms with van der Waals surface area (Å²) in [6.07, 6.45) is 1.60. The minimum absolute atomic E-state index is 0.139. The van der Waals surface area contributed by atoms with Gasteiger partial charge in [-0.25, -0.2) is 9.97 Å². The van der Waals surface area contributed by atoms with E-state index in [1.165, 1.54) is 11.8 Å². The van der Waals surface area contributed by atoms with E-state index in [4.69, 9.17) is 9.47 Å². The maximum atomic E-state index is 12.6. The third-order valence-corrected chi connectivity index (χ3v) is 5.59. The van der Waals surface area contributed by atoms with Crippen LogP contribution in [0.15, 0.2) is 46.5 Å². The van der Waals surface area contributed by atoms with Crippen LogP contribution >= 0.6 is 11.8 Å². The van der Waals surface area contributed by atoms with Crippen LogP contribution in [-0.2, 0) is 11.3 Å². The van der Waals surface area contributed by atoms with Crippen molar-refractivity contribution in [2.24, 2.45) is 0 Å².